The first kappa shape index (κ1) is 19.2. The van der Waals surface area contributed by atoms with Crippen LogP contribution < -0.4 is 20.1 Å². The summed E-state index contributed by atoms with van der Waals surface area (Å²) in [5.74, 6) is -0.0505. The summed E-state index contributed by atoms with van der Waals surface area (Å²) in [6.45, 7) is 2.27. The summed E-state index contributed by atoms with van der Waals surface area (Å²) in [5.41, 5.74) is 1.66. The van der Waals surface area contributed by atoms with Crippen LogP contribution in [0.1, 0.15) is 28.5 Å². The van der Waals surface area contributed by atoms with Crippen LogP contribution in [0.3, 0.4) is 0 Å². The summed E-state index contributed by atoms with van der Waals surface area (Å²) in [6.07, 6.45) is 3.31. The molecule has 7 heteroatoms. The predicted octanol–water partition coefficient (Wildman–Crippen LogP) is 1.97. The summed E-state index contributed by atoms with van der Waals surface area (Å²) < 4.78 is 12.1. The van der Waals surface area contributed by atoms with Gasteiger partial charge in [-0.25, -0.2) is 4.98 Å². The number of ether oxygens (including phenoxy) is 2. The van der Waals surface area contributed by atoms with Crippen LogP contribution in [0.2, 0.25) is 0 Å². The molecule has 1 heterocycles. The predicted molar refractivity (Wildman–Crippen MR) is 104 cm³/mol. The third kappa shape index (κ3) is 3.59. The standard InChI is InChI=1S/C21H20N2O5/c1-4-23-18-10-7-14(21(25)26)11-17(18)22-16(20(23)24)9-6-13-5-8-15(27-2)12-19(13)28-3/h5-12H,4H2,1-3H3,(H,25,26)/p-1/b9-6+. The lowest BCUT2D eigenvalue weighted by Gasteiger charge is -2.11. The zero-order chi connectivity index (χ0) is 20.3. The van der Waals surface area contributed by atoms with E-state index in [-0.39, 0.29) is 16.8 Å². The number of aromatic nitrogens is 2. The molecule has 0 aliphatic heterocycles. The minimum absolute atomic E-state index is 0.00746. The lowest BCUT2D eigenvalue weighted by molar-refractivity contribution is -0.255. The Morgan fingerprint density at radius 2 is 1.93 bits per heavy atom. The van der Waals surface area contributed by atoms with Crippen molar-refractivity contribution in [1.29, 1.82) is 0 Å². The third-order valence-corrected chi connectivity index (χ3v) is 4.38. The van der Waals surface area contributed by atoms with E-state index < -0.39 is 5.97 Å². The lowest BCUT2D eigenvalue weighted by atomic mass is 10.1. The summed E-state index contributed by atoms with van der Waals surface area (Å²) >= 11 is 0. The zero-order valence-corrected chi connectivity index (χ0v) is 15.8. The van der Waals surface area contributed by atoms with Gasteiger partial charge < -0.3 is 23.9 Å². The molecule has 2 aromatic carbocycles. The Kier molecular flexibility index (Phi) is 5.44. The number of hydrogen-bond donors (Lipinski definition) is 0. The van der Waals surface area contributed by atoms with E-state index in [1.165, 1.54) is 12.1 Å². The number of rotatable bonds is 6. The monoisotopic (exact) mass is 379 g/mol. The highest BCUT2D eigenvalue weighted by Crippen LogP contribution is 2.26. The first-order valence-electron chi connectivity index (χ1n) is 8.64. The maximum atomic E-state index is 12.8. The van der Waals surface area contributed by atoms with E-state index in [0.717, 1.165) is 5.56 Å². The molecular formula is C21H19N2O5-. The van der Waals surface area contributed by atoms with Gasteiger partial charge in [0.05, 0.1) is 31.2 Å². The molecule has 0 N–H and O–H groups in total. The summed E-state index contributed by atoms with van der Waals surface area (Å²) in [6, 6.07) is 9.71. The Morgan fingerprint density at radius 1 is 1.14 bits per heavy atom. The minimum Gasteiger partial charge on any atom is -0.545 e. The molecule has 28 heavy (non-hydrogen) atoms. The van der Waals surface area contributed by atoms with Gasteiger partial charge in [-0.15, -0.1) is 0 Å². The maximum absolute atomic E-state index is 12.8. The van der Waals surface area contributed by atoms with Crippen molar-refractivity contribution in [3.63, 3.8) is 0 Å². The van der Waals surface area contributed by atoms with E-state index in [4.69, 9.17) is 9.47 Å². The van der Waals surface area contributed by atoms with Gasteiger partial charge in [-0.05, 0) is 48.9 Å². The quantitative estimate of drug-likeness (QED) is 0.650. The highest BCUT2D eigenvalue weighted by Gasteiger charge is 2.10. The fraction of sp³-hybridized carbons (Fsp3) is 0.190. The van der Waals surface area contributed by atoms with Gasteiger partial charge in [0.15, 0.2) is 0 Å². The van der Waals surface area contributed by atoms with Crippen molar-refractivity contribution in [2.45, 2.75) is 13.5 Å². The Hall–Kier alpha value is -3.61. The Morgan fingerprint density at radius 3 is 2.57 bits per heavy atom. The molecule has 3 aromatic rings. The van der Waals surface area contributed by atoms with Crippen LogP contribution in [0.15, 0.2) is 41.2 Å². The van der Waals surface area contributed by atoms with Crippen molar-refractivity contribution in [2.75, 3.05) is 14.2 Å². The molecule has 0 amide bonds. The average molecular weight is 379 g/mol. The number of fused-ring (bicyclic) bond motifs is 1. The largest absolute Gasteiger partial charge is 0.545 e. The van der Waals surface area contributed by atoms with E-state index in [9.17, 15) is 14.7 Å². The minimum atomic E-state index is -1.29. The molecule has 0 saturated heterocycles. The van der Waals surface area contributed by atoms with Crippen LogP contribution in [0, 0.1) is 0 Å². The highest BCUT2D eigenvalue weighted by atomic mass is 16.5. The highest BCUT2D eigenvalue weighted by molar-refractivity contribution is 5.91. The van der Waals surface area contributed by atoms with Gasteiger partial charge in [0.2, 0.25) is 0 Å². The number of nitrogens with zero attached hydrogens (tertiary/aromatic N) is 2. The Bertz CT molecular complexity index is 1130. The zero-order valence-electron chi connectivity index (χ0n) is 15.8. The SMILES string of the molecule is CCn1c(=O)c(/C=C/c2ccc(OC)cc2OC)nc2cc(C(=O)[O-])ccc21. The second kappa shape index (κ2) is 7.96. The summed E-state index contributed by atoms with van der Waals surface area (Å²) in [4.78, 5) is 28.3. The number of carboxylic acid groups (broad SMARTS) is 1. The van der Waals surface area contributed by atoms with Crippen molar-refractivity contribution >= 4 is 29.2 Å². The van der Waals surface area contributed by atoms with Crippen LogP contribution in [0.5, 0.6) is 11.5 Å². The van der Waals surface area contributed by atoms with Crippen molar-refractivity contribution in [2.24, 2.45) is 0 Å². The van der Waals surface area contributed by atoms with Crippen molar-refractivity contribution in [3.8, 4) is 11.5 Å². The molecule has 0 fully saturated rings. The molecule has 0 radical (unpaired) electrons. The Labute approximate surface area is 161 Å². The molecule has 0 bridgehead atoms. The molecule has 0 aliphatic carbocycles. The van der Waals surface area contributed by atoms with Gasteiger partial charge in [-0.3, -0.25) is 4.79 Å². The first-order chi connectivity index (χ1) is 13.5. The molecule has 0 aliphatic rings. The number of carboxylic acids is 1. The van der Waals surface area contributed by atoms with Gasteiger partial charge in [-0.1, -0.05) is 6.07 Å². The van der Waals surface area contributed by atoms with Crippen LogP contribution in [0.4, 0.5) is 0 Å². The van der Waals surface area contributed by atoms with Crippen LogP contribution in [-0.2, 0) is 6.54 Å². The van der Waals surface area contributed by atoms with E-state index in [0.29, 0.717) is 29.1 Å². The smallest absolute Gasteiger partial charge is 0.276 e. The molecule has 144 valence electrons. The van der Waals surface area contributed by atoms with E-state index >= 15 is 0 Å². The molecule has 7 nitrogen and oxygen atoms in total. The van der Waals surface area contributed by atoms with E-state index in [1.54, 1.807) is 49.1 Å². The first-order valence-corrected chi connectivity index (χ1v) is 8.64. The molecule has 0 atom stereocenters. The van der Waals surface area contributed by atoms with Crippen molar-refractivity contribution in [3.05, 3.63) is 63.6 Å². The second-order valence-corrected chi connectivity index (χ2v) is 5.98. The van der Waals surface area contributed by atoms with Crippen molar-refractivity contribution in [1.82, 2.24) is 9.55 Å². The molecule has 1 aromatic heterocycles. The van der Waals surface area contributed by atoms with Crippen LogP contribution in [-0.4, -0.2) is 29.7 Å². The van der Waals surface area contributed by atoms with Crippen LogP contribution in [0.25, 0.3) is 23.2 Å². The molecule has 0 spiro atoms. The summed E-state index contributed by atoms with van der Waals surface area (Å²) in [5, 5.41) is 11.1. The van der Waals surface area contributed by atoms with Gasteiger partial charge in [0, 0.05) is 18.2 Å². The fourth-order valence-electron chi connectivity index (χ4n) is 2.94. The van der Waals surface area contributed by atoms with Crippen LogP contribution >= 0.6 is 0 Å². The average Bonchev–Trinajstić information content (AvgIpc) is 2.71. The third-order valence-electron chi connectivity index (χ3n) is 4.38. The number of carbonyl (C=O) groups excluding carboxylic acids is 1. The second-order valence-electron chi connectivity index (χ2n) is 5.98. The molecule has 0 unspecified atom stereocenters. The van der Waals surface area contributed by atoms with Gasteiger partial charge in [0.1, 0.15) is 17.2 Å². The van der Waals surface area contributed by atoms with E-state index in [2.05, 4.69) is 4.98 Å². The fourth-order valence-corrected chi connectivity index (χ4v) is 2.94. The maximum Gasteiger partial charge on any atom is 0.276 e. The Balaban J connectivity index is 2.12. The van der Waals surface area contributed by atoms with Gasteiger partial charge in [-0.2, -0.15) is 0 Å². The lowest BCUT2D eigenvalue weighted by Crippen LogP contribution is -2.25. The number of hydrogen-bond acceptors (Lipinski definition) is 6. The summed E-state index contributed by atoms with van der Waals surface area (Å²) in [7, 11) is 3.11. The van der Waals surface area contributed by atoms with Gasteiger partial charge >= 0.3 is 0 Å². The number of benzene rings is 2. The molecule has 3 rings (SSSR count). The number of methoxy groups -OCH3 is 2. The van der Waals surface area contributed by atoms with Gasteiger partial charge in [0.25, 0.3) is 5.56 Å². The van der Waals surface area contributed by atoms with E-state index in [1.807, 2.05) is 13.0 Å². The number of aromatic carboxylic acids is 1. The normalized spacial score (nSPS) is 11.1. The topological polar surface area (TPSA) is 93.5 Å². The molecular weight excluding hydrogens is 360 g/mol. The van der Waals surface area contributed by atoms with Crippen molar-refractivity contribution < 1.29 is 19.4 Å². The number of carbonyl (C=O) groups is 1. The molecule has 0 saturated carbocycles. The number of aryl methyl sites for hydroxylation is 1.